The van der Waals surface area contributed by atoms with E-state index in [9.17, 15) is 0 Å². The Morgan fingerprint density at radius 1 is 0.442 bits per heavy atom. The van der Waals surface area contributed by atoms with E-state index in [1.54, 1.807) is 21.5 Å². The van der Waals surface area contributed by atoms with Gasteiger partial charge in [0.1, 0.15) is 0 Å². The van der Waals surface area contributed by atoms with Gasteiger partial charge >= 0.3 is 26.2 Å². The Morgan fingerprint density at radius 2 is 0.846 bits per heavy atom. The van der Waals surface area contributed by atoms with Crippen molar-refractivity contribution in [3.05, 3.63) is 119 Å². The Morgan fingerprint density at radius 3 is 1.21 bits per heavy atom. The molecule has 0 atom stereocenters. The van der Waals surface area contributed by atoms with Gasteiger partial charge < -0.3 is 0 Å². The predicted octanol–water partition coefficient (Wildman–Crippen LogP) is 13.7. The summed E-state index contributed by atoms with van der Waals surface area (Å²) in [7, 11) is -2.25. The van der Waals surface area contributed by atoms with Gasteiger partial charge in [-0.2, -0.15) is 10.4 Å². The molecule has 0 aliphatic rings. The zero-order chi connectivity index (χ0) is 35.8. The summed E-state index contributed by atoms with van der Waals surface area (Å²) in [5.74, 6) is 0. The van der Waals surface area contributed by atoms with Crippen LogP contribution < -0.4 is 10.4 Å². The first-order valence-electron chi connectivity index (χ1n) is 20.5. The SMILES string of the molecule is CCCCCCc1ccc(-c2cccc3[cH-]c(CCC)c([Si](C)(C)c4c(CCC)[cH-]c5cccc(-c6ccc(CCCCCC)cc6)c45)c23)cc1.[Zr+2]. The molecule has 0 amide bonds. The Balaban J connectivity index is 0.00000523. The summed E-state index contributed by atoms with van der Waals surface area (Å²) in [6.45, 7) is 14.6. The third kappa shape index (κ3) is 8.77. The van der Waals surface area contributed by atoms with Gasteiger partial charge in [-0.1, -0.05) is 164 Å². The molecule has 0 unspecified atom stereocenters. The molecule has 6 rings (SSSR count). The van der Waals surface area contributed by atoms with Crippen molar-refractivity contribution in [3.63, 3.8) is 0 Å². The number of aryl methyl sites for hydroxylation is 4. The van der Waals surface area contributed by atoms with Gasteiger partial charge in [-0.15, -0.1) is 69.1 Å². The van der Waals surface area contributed by atoms with Crippen LogP contribution in [-0.4, -0.2) is 8.07 Å². The van der Waals surface area contributed by atoms with Crippen LogP contribution in [-0.2, 0) is 51.9 Å². The molecular weight excluding hydrogens is 720 g/mol. The fourth-order valence-corrected chi connectivity index (χ4v) is 13.0. The monoisotopic (exact) mass is 780 g/mol. The van der Waals surface area contributed by atoms with Crippen molar-refractivity contribution in [1.29, 1.82) is 0 Å². The van der Waals surface area contributed by atoms with Crippen LogP contribution in [0.15, 0.2) is 97.1 Å². The third-order valence-electron chi connectivity index (χ3n) is 11.5. The molecule has 0 N–H and O–H groups in total. The molecule has 0 saturated heterocycles. The van der Waals surface area contributed by atoms with E-state index in [-0.39, 0.29) is 26.2 Å². The summed E-state index contributed by atoms with van der Waals surface area (Å²) in [5.41, 5.74) is 11.6. The Bertz CT molecular complexity index is 1850. The molecule has 0 heterocycles. The van der Waals surface area contributed by atoms with Crippen molar-refractivity contribution in [2.75, 3.05) is 0 Å². The molecule has 6 aromatic carbocycles. The molecule has 0 spiro atoms. The molecule has 270 valence electrons. The maximum Gasteiger partial charge on any atom is 2.00 e. The summed E-state index contributed by atoms with van der Waals surface area (Å²) < 4.78 is 0. The molecule has 0 aliphatic carbocycles. The fraction of sp³-hybridized carbons (Fsp3) is 0.400. The van der Waals surface area contributed by atoms with Gasteiger partial charge in [0.25, 0.3) is 0 Å². The first-order valence-corrected chi connectivity index (χ1v) is 23.5. The maximum atomic E-state index is 2.67. The van der Waals surface area contributed by atoms with E-state index in [1.165, 1.54) is 119 Å². The minimum Gasteiger partial charge on any atom is -0.158 e. The average Bonchev–Trinajstić information content (AvgIpc) is 3.72. The van der Waals surface area contributed by atoms with Gasteiger partial charge in [-0.3, -0.25) is 0 Å². The zero-order valence-electron chi connectivity index (χ0n) is 33.1. The van der Waals surface area contributed by atoms with Gasteiger partial charge in [0.2, 0.25) is 0 Å². The van der Waals surface area contributed by atoms with Gasteiger partial charge in [-0.05, 0) is 60.8 Å². The second-order valence-electron chi connectivity index (χ2n) is 15.8. The quantitative estimate of drug-likeness (QED) is 0.0463. The molecule has 0 nitrogen and oxygen atoms in total. The van der Waals surface area contributed by atoms with E-state index >= 15 is 0 Å². The van der Waals surface area contributed by atoms with Crippen LogP contribution in [0.25, 0.3) is 43.8 Å². The number of hydrogen-bond acceptors (Lipinski definition) is 0. The fourth-order valence-electron chi connectivity index (χ4n) is 8.96. The molecule has 0 aliphatic heterocycles. The topological polar surface area (TPSA) is 0 Å². The Kier molecular flexibility index (Phi) is 14.7. The van der Waals surface area contributed by atoms with Crippen LogP contribution in [0, 0.1) is 0 Å². The second kappa shape index (κ2) is 19.0. The molecule has 0 radical (unpaired) electrons. The van der Waals surface area contributed by atoms with E-state index in [0.29, 0.717) is 0 Å². The normalized spacial score (nSPS) is 11.8. The minimum absolute atomic E-state index is 0. The van der Waals surface area contributed by atoms with Crippen LogP contribution >= 0.6 is 0 Å². The van der Waals surface area contributed by atoms with Crippen LogP contribution in [0.5, 0.6) is 0 Å². The van der Waals surface area contributed by atoms with E-state index in [1.807, 2.05) is 0 Å². The van der Waals surface area contributed by atoms with Gasteiger partial charge in [0, 0.05) is 8.07 Å². The van der Waals surface area contributed by atoms with Crippen LogP contribution in [0.4, 0.5) is 0 Å². The second-order valence-corrected chi connectivity index (χ2v) is 20.0. The van der Waals surface area contributed by atoms with Crippen molar-refractivity contribution in [3.8, 4) is 22.3 Å². The van der Waals surface area contributed by atoms with Crippen molar-refractivity contribution < 1.29 is 26.2 Å². The van der Waals surface area contributed by atoms with Crippen molar-refractivity contribution in [2.24, 2.45) is 0 Å². The zero-order valence-corrected chi connectivity index (χ0v) is 36.6. The van der Waals surface area contributed by atoms with Crippen molar-refractivity contribution in [2.45, 2.75) is 131 Å². The van der Waals surface area contributed by atoms with E-state index in [2.05, 4.69) is 138 Å². The van der Waals surface area contributed by atoms with Gasteiger partial charge in [0.15, 0.2) is 0 Å². The molecule has 0 aromatic heterocycles. The van der Waals surface area contributed by atoms with E-state index in [0.717, 1.165) is 25.7 Å². The largest absolute Gasteiger partial charge is 2.00 e. The first-order chi connectivity index (χ1) is 24.9. The number of fused-ring (bicyclic) bond motifs is 2. The summed E-state index contributed by atoms with van der Waals surface area (Å²) in [6, 6.07) is 38.4. The van der Waals surface area contributed by atoms with Gasteiger partial charge in [-0.25, -0.2) is 0 Å². The third-order valence-corrected chi connectivity index (χ3v) is 15.1. The summed E-state index contributed by atoms with van der Waals surface area (Å²) in [5, 5.41) is 9.18. The number of hydrogen-bond donors (Lipinski definition) is 0. The summed E-state index contributed by atoms with van der Waals surface area (Å²) >= 11 is 0. The predicted molar refractivity (Wildman–Crippen MR) is 230 cm³/mol. The molecule has 6 aromatic rings. The number of rotatable bonds is 18. The van der Waals surface area contributed by atoms with E-state index < -0.39 is 8.07 Å². The van der Waals surface area contributed by atoms with E-state index in [4.69, 9.17) is 0 Å². The first kappa shape index (κ1) is 40.4. The molecule has 2 heteroatoms. The number of unbranched alkanes of at least 4 members (excludes halogenated alkanes) is 6. The Labute approximate surface area is 336 Å². The standard InChI is InChI=1S/C50H62Si.Zr/c1-7-11-13-15-21-37-27-31-39(32-28-37)45-25-17-23-41-35-43(19-9-3)49(47(41)45)51(5,6)50-44(20-10-4)36-42-24-18-26-46(48(42)50)40-33-29-38(30-34-40)22-16-14-12-8-2;/h17-18,23-36H,7-16,19-22H2,1-6H3;/q-2;+2. The molecular formula is C50H62SiZr. The van der Waals surface area contributed by atoms with Crippen molar-refractivity contribution in [1.82, 2.24) is 0 Å². The van der Waals surface area contributed by atoms with Crippen LogP contribution in [0.2, 0.25) is 13.1 Å². The number of benzene rings is 4. The molecule has 0 fully saturated rings. The summed E-state index contributed by atoms with van der Waals surface area (Å²) in [4.78, 5) is 0. The average molecular weight is 782 g/mol. The molecule has 52 heavy (non-hydrogen) atoms. The van der Waals surface area contributed by atoms with Crippen molar-refractivity contribution >= 4 is 40.0 Å². The minimum atomic E-state index is -2.25. The van der Waals surface area contributed by atoms with Crippen LogP contribution in [0.1, 0.15) is 114 Å². The molecule has 0 saturated carbocycles. The maximum absolute atomic E-state index is 2.67. The Hall–Kier alpha value is -2.80. The molecule has 0 bridgehead atoms. The van der Waals surface area contributed by atoms with Crippen LogP contribution in [0.3, 0.4) is 0 Å². The summed E-state index contributed by atoms with van der Waals surface area (Å²) in [6.07, 6.45) is 17.4. The van der Waals surface area contributed by atoms with Gasteiger partial charge in [0.05, 0.1) is 0 Å². The smallest absolute Gasteiger partial charge is 0.158 e.